The number of amides is 1. The fourth-order valence-electron chi connectivity index (χ4n) is 2.49. The molecule has 2 aromatic rings. The van der Waals surface area contributed by atoms with Crippen molar-refractivity contribution >= 4 is 16.8 Å². The van der Waals surface area contributed by atoms with Crippen LogP contribution in [-0.2, 0) is 0 Å². The lowest BCUT2D eigenvalue weighted by Gasteiger charge is -2.23. The lowest BCUT2D eigenvalue weighted by Crippen LogP contribution is -2.40. The summed E-state index contributed by atoms with van der Waals surface area (Å²) in [6, 6.07) is 9.37. The van der Waals surface area contributed by atoms with Crippen molar-refractivity contribution < 1.29 is 9.90 Å². The van der Waals surface area contributed by atoms with Crippen molar-refractivity contribution in [2.75, 3.05) is 6.54 Å². The van der Waals surface area contributed by atoms with Gasteiger partial charge in [-0.2, -0.15) is 0 Å². The minimum atomic E-state index is -0.873. The summed E-state index contributed by atoms with van der Waals surface area (Å²) in [5.41, 5.74) is 1.34. The molecule has 112 valence electrons. The number of hydrogen-bond donors (Lipinski definition) is 2. The molecule has 4 nitrogen and oxygen atoms in total. The van der Waals surface area contributed by atoms with Gasteiger partial charge in [-0.25, -0.2) is 0 Å². The molecule has 1 amide bonds. The smallest absolute Gasteiger partial charge is 0.252 e. The summed E-state index contributed by atoms with van der Waals surface area (Å²) < 4.78 is 0. The van der Waals surface area contributed by atoms with Gasteiger partial charge in [-0.15, -0.1) is 0 Å². The number of nitrogens with one attached hydrogen (secondary N) is 1. The minimum absolute atomic E-state index is 0.173. The highest BCUT2D eigenvalue weighted by Crippen LogP contribution is 2.18. The van der Waals surface area contributed by atoms with E-state index in [1.165, 1.54) is 0 Å². The normalized spacial score (nSPS) is 13.9. The summed E-state index contributed by atoms with van der Waals surface area (Å²) in [5, 5.41) is 13.8. The van der Waals surface area contributed by atoms with Gasteiger partial charge in [0.1, 0.15) is 0 Å². The maximum absolute atomic E-state index is 12.4. The van der Waals surface area contributed by atoms with E-state index in [1.807, 2.05) is 38.1 Å². The molecule has 0 radical (unpaired) electrons. The van der Waals surface area contributed by atoms with E-state index in [9.17, 15) is 9.90 Å². The average Bonchev–Trinajstić information content (AvgIpc) is 2.44. The van der Waals surface area contributed by atoms with Gasteiger partial charge in [0.2, 0.25) is 0 Å². The molecular formula is C17H22N2O2. The Labute approximate surface area is 125 Å². The Bertz CT molecular complexity index is 650. The average molecular weight is 286 g/mol. The van der Waals surface area contributed by atoms with Crippen molar-refractivity contribution in [2.45, 2.75) is 39.2 Å². The maximum Gasteiger partial charge on any atom is 0.252 e. The van der Waals surface area contributed by atoms with Crippen LogP contribution in [0, 0.1) is 6.92 Å². The van der Waals surface area contributed by atoms with Crippen molar-refractivity contribution in [3.05, 3.63) is 41.6 Å². The van der Waals surface area contributed by atoms with Crippen LogP contribution in [0.4, 0.5) is 0 Å². The predicted octanol–water partition coefficient (Wildman–Crippen LogP) is 2.82. The summed E-state index contributed by atoms with van der Waals surface area (Å²) in [7, 11) is 0. The Balaban J connectivity index is 2.24. The quantitative estimate of drug-likeness (QED) is 0.888. The zero-order valence-corrected chi connectivity index (χ0v) is 12.8. The highest BCUT2D eigenvalue weighted by molar-refractivity contribution is 6.06. The molecule has 0 saturated heterocycles. The minimum Gasteiger partial charge on any atom is -0.388 e. The predicted molar refractivity (Wildman–Crippen MR) is 84.3 cm³/mol. The van der Waals surface area contributed by atoms with E-state index in [-0.39, 0.29) is 12.5 Å². The molecule has 4 heteroatoms. The third kappa shape index (κ3) is 3.79. The van der Waals surface area contributed by atoms with Gasteiger partial charge in [-0.1, -0.05) is 31.5 Å². The first-order chi connectivity index (χ1) is 9.93. The molecule has 1 aromatic heterocycles. The summed E-state index contributed by atoms with van der Waals surface area (Å²) >= 11 is 0. The fraction of sp³-hybridized carbons (Fsp3) is 0.412. The lowest BCUT2D eigenvalue weighted by molar-refractivity contribution is 0.0470. The number of para-hydroxylation sites is 1. The summed E-state index contributed by atoms with van der Waals surface area (Å²) in [5.74, 6) is -0.173. The highest BCUT2D eigenvalue weighted by Gasteiger charge is 2.21. The van der Waals surface area contributed by atoms with Crippen LogP contribution >= 0.6 is 0 Å². The number of aromatic nitrogens is 1. The Hall–Kier alpha value is -1.94. The first-order valence-electron chi connectivity index (χ1n) is 7.30. The molecule has 1 heterocycles. The number of hydrogen-bond acceptors (Lipinski definition) is 3. The standard InChI is InChI=1S/C17H22N2O2/c1-4-9-17(3,21)11-18-16(20)14-10-12(2)19-15-8-6-5-7-13(14)15/h5-8,10,21H,4,9,11H2,1-3H3,(H,18,20). The number of fused-ring (bicyclic) bond motifs is 1. The Morgan fingerprint density at radius 2 is 2.10 bits per heavy atom. The molecule has 0 aliphatic carbocycles. The van der Waals surface area contributed by atoms with Crippen molar-refractivity contribution in [3.8, 4) is 0 Å². The number of rotatable bonds is 5. The van der Waals surface area contributed by atoms with E-state index >= 15 is 0 Å². The number of carbonyl (C=O) groups is 1. The molecule has 0 aliphatic heterocycles. The largest absolute Gasteiger partial charge is 0.388 e. The molecule has 1 atom stereocenters. The SMILES string of the molecule is CCCC(C)(O)CNC(=O)c1cc(C)nc2ccccc12. The molecule has 1 unspecified atom stereocenters. The van der Waals surface area contributed by atoms with Crippen molar-refractivity contribution in [1.82, 2.24) is 10.3 Å². The second-order valence-corrected chi connectivity index (χ2v) is 5.76. The van der Waals surface area contributed by atoms with E-state index in [4.69, 9.17) is 0 Å². The maximum atomic E-state index is 12.4. The molecule has 0 saturated carbocycles. The van der Waals surface area contributed by atoms with E-state index in [2.05, 4.69) is 10.3 Å². The highest BCUT2D eigenvalue weighted by atomic mass is 16.3. The molecule has 1 aromatic carbocycles. The monoisotopic (exact) mass is 286 g/mol. The lowest BCUT2D eigenvalue weighted by atomic mass is 10.0. The fourth-order valence-corrected chi connectivity index (χ4v) is 2.49. The zero-order valence-electron chi connectivity index (χ0n) is 12.8. The van der Waals surface area contributed by atoms with E-state index in [1.54, 1.807) is 13.0 Å². The van der Waals surface area contributed by atoms with Crippen LogP contribution < -0.4 is 5.32 Å². The summed E-state index contributed by atoms with van der Waals surface area (Å²) in [4.78, 5) is 16.8. The molecule has 0 bridgehead atoms. The third-order valence-corrected chi connectivity index (χ3v) is 3.51. The van der Waals surface area contributed by atoms with Crippen LogP contribution in [0.3, 0.4) is 0 Å². The Kier molecular flexibility index (Phi) is 4.58. The molecule has 0 spiro atoms. The van der Waals surface area contributed by atoms with Crippen molar-refractivity contribution in [3.63, 3.8) is 0 Å². The van der Waals surface area contributed by atoms with Crippen LogP contribution in [0.5, 0.6) is 0 Å². The van der Waals surface area contributed by atoms with E-state index < -0.39 is 5.60 Å². The molecule has 21 heavy (non-hydrogen) atoms. The molecule has 0 aliphatic rings. The van der Waals surface area contributed by atoms with Gasteiger partial charge in [0.15, 0.2) is 0 Å². The van der Waals surface area contributed by atoms with Gasteiger partial charge in [0.05, 0.1) is 16.7 Å². The number of aliphatic hydroxyl groups is 1. The molecule has 0 fully saturated rings. The number of carbonyl (C=O) groups excluding carboxylic acids is 1. The number of aryl methyl sites for hydroxylation is 1. The first kappa shape index (κ1) is 15.4. The topological polar surface area (TPSA) is 62.2 Å². The van der Waals surface area contributed by atoms with Crippen molar-refractivity contribution in [2.24, 2.45) is 0 Å². The molecular weight excluding hydrogens is 264 g/mol. The number of pyridine rings is 1. The van der Waals surface area contributed by atoms with E-state index in [0.29, 0.717) is 12.0 Å². The second kappa shape index (κ2) is 6.22. The van der Waals surface area contributed by atoms with Gasteiger partial charge in [0.25, 0.3) is 5.91 Å². The zero-order chi connectivity index (χ0) is 15.5. The van der Waals surface area contributed by atoms with Gasteiger partial charge >= 0.3 is 0 Å². The molecule has 2 rings (SSSR count). The number of benzene rings is 1. The van der Waals surface area contributed by atoms with E-state index in [0.717, 1.165) is 23.0 Å². The van der Waals surface area contributed by atoms with Crippen LogP contribution in [0.15, 0.2) is 30.3 Å². The first-order valence-corrected chi connectivity index (χ1v) is 7.30. The Morgan fingerprint density at radius 3 is 2.81 bits per heavy atom. The third-order valence-electron chi connectivity index (χ3n) is 3.51. The van der Waals surface area contributed by atoms with Gasteiger partial charge < -0.3 is 10.4 Å². The second-order valence-electron chi connectivity index (χ2n) is 5.76. The Morgan fingerprint density at radius 1 is 1.38 bits per heavy atom. The molecule has 2 N–H and O–H groups in total. The summed E-state index contributed by atoms with van der Waals surface area (Å²) in [6.45, 7) is 5.87. The van der Waals surface area contributed by atoms with Crippen molar-refractivity contribution in [1.29, 1.82) is 0 Å². The van der Waals surface area contributed by atoms with Gasteiger partial charge in [0, 0.05) is 17.6 Å². The van der Waals surface area contributed by atoms with Gasteiger partial charge in [-0.3, -0.25) is 9.78 Å². The van der Waals surface area contributed by atoms with Crippen LogP contribution in [0.1, 0.15) is 42.7 Å². The summed E-state index contributed by atoms with van der Waals surface area (Å²) in [6.07, 6.45) is 1.53. The van der Waals surface area contributed by atoms with Crippen LogP contribution in [-0.4, -0.2) is 28.1 Å². The van der Waals surface area contributed by atoms with Crippen LogP contribution in [0.2, 0.25) is 0 Å². The van der Waals surface area contributed by atoms with Gasteiger partial charge in [-0.05, 0) is 32.4 Å². The number of nitrogens with zero attached hydrogens (tertiary/aromatic N) is 1. The van der Waals surface area contributed by atoms with Crippen LogP contribution in [0.25, 0.3) is 10.9 Å².